The second-order valence-electron chi connectivity index (χ2n) is 6.00. The van der Waals surface area contributed by atoms with Gasteiger partial charge in [0.2, 0.25) is 0 Å². The monoisotopic (exact) mass is 393 g/mol. The average Bonchev–Trinajstić information content (AvgIpc) is 2.67. The summed E-state index contributed by atoms with van der Waals surface area (Å²) in [5.74, 6) is -0.0691. The van der Waals surface area contributed by atoms with Gasteiger partial charge in [-0.1, -0.05) is 29.8 Å². The molecule has 1 aliphatic rings. The van der Waals surface area contributed by atoms with Crippen molar-refractivity contribution >= 4 is 35.8 Å². The molecule has 1 heterocycles. The normalized spacial score (nSPS) is 13.9. The van der Waals surface area contributed by atoms with Crippen LogP contribution in [0.25, 0.3) is 0 Å². The van der Waals surface area contributed by atoms with Crippen LogP contribution in [0.4, 0.5) is 0 Å². The zero-order chi connectivity index (χ0) is 17.8. The Kier molecular flexibility index (Phi) is 7.03. The molecule has 26 heavy (non-hydrogen) atoms. The molecule has 0 saturated carbocycles. The number of carbonyl (C=O) groups is 2. The molecule has 0 unspecified atom stereocenters. The topological polar surface area (TPSA) is 66.6 Å². The van der Waals surface area contributed by atoms with Crippen molar-refractivity contribution in [2.24, 2.45) is 5.73 Å². The first-order valence-corrected chi connectivity index (χ1v) is 8.59. The second-order valence-corrected chi connectivity index (χ2v) is 6.43. The van der Waals surface area contributed by atoms with E-state index in [0.717, 1.165) is 5.56 Å². The second kappa shape index (κ2) is 9.03. The van der Waals surface area contributed by atoms with E-state index in [-0.39, 0.29) is 24.2 Å². The molecule has 0 atom stereocenters. The van der Waals surface area contributed by atoms with Crippen molar-refractivity contribution in [1.82, 2.24) is 9.80 Å². The fourth-order valence-corrected chi connectivity index (χ4v) is 3.07. The number of benzene rings is 2. The molecule has 2 N–H and O–H groups in total. The van der Waals surface area contributed by atoms with Crippen molar-refractivity contribution in [3.05, 3.63) is 70.2 Å². The minimum absolute atomic E-state index is 0. The summed E-state index contributed by atoms with van der Waals surface area (Å²) in [6.45, 7) is 2.52. The van der Waals surface area contributed by atoms with E-state index in [9.17, 15) is 9.59 Å². The van der Waals surface area contributed by atoms with Gasteiger partial charge >= 0.3 is 0 Å². The Morgan fingerprint density at radius 3 is 1.92 bits per heavy atom. The Morgan fingerprint density at radius 1 is 0.885 bits per heavy atom. The van der Waals surface area contributed by atoms with Crippen molar-refractivity contribution in [3.8, 4) is 0 Å². The number of piperazine rings is 1. The summed E-state index contributed by atoms with van der Waals surface area (Å²) in [5, 5.41) is 0.542. The maximum absolute atomic E-state index is 12.6. The summed E-state index contributed by atoms with van der Waals surface area (Å²) in [4.78, 5) is 28.6. The van der Waals surface area contributed by atoms with Crippen LogP contribution in [0, 0.1) is 0 Å². The van der Waals surface area contributed by atoms with Crippen LogP contribution < -0.4 is 5.73 Å². The van der Waals surface area contributed by atoms with E-state index in [0.29, 0.717) is 48.9 Å². The van der Waals surface area contributed by atoms with Crippen LogP contribution in [0.1, 0.15) is 26.3 Å². The van der Waals surface area contributed by atoms with Gasteiger partial charge in [-0.25, -0.2) is 0 Å². The van der Waals surface area contributed by atoms with E-state index in [1.807, 2.05) is 12.1 Å². The van der Waals surface area contributed by atoms with Crippen molar-refractivity contribution < 1.29 is 9.59 Å². The van der Waals surface area contributed by atoms with E-state index in [1.165, 1.54) is 0 Å². The summed E-state index contributed by atoms with van der Waals surface area (Å²) in [6.07, 6.45) is 0. The molecule has 2 amide bonds. The molecule has 1 fully saturated rings. The number of carbonyl (C=O) groups excluding carboxylic acids is 2. The van der Waals surface area contributed by atoms with Crippen LogP contribution in [0.5, 0.6) is 0 Å². The van der Waals surface area contributed by atoms with Crippen molar-refractivity contribution in [1.29, 1.82) is 0 Å². The summed E-state index contributed by atoms with van der Waals surface area (Å²) < 4.78 is 0. The van der Waals surface area contributed by atoms with E-state index in [2.05, 4.69) is 0 Å². The summed E-state index contributed by atoms with van der Waals surface area (Å²) in [5.41, 5.74) is 7.79. The van der Waals surface area contributed by atoms with Crippen LogP contribution in [-0.4, -0.2) is 47.8 Å². The standard InChI is InChI=1S/C19H20ClN3O2.ClH/c20-17-3-1-2-16(12-17)19(25)23-10-8-22(9-11-23)18(24)15-6-4-14(13-21)5-7-15;/h1-7,12H,8-11,13,21H2;1H. The van der Waals surface area contributed by atoms with Crippen molar-refractivity contribution in [2.45, 2.75) is 6.54 Å². The van der Waals surface area contributed by atoms with E-state index in [4.69, 9.17) is 17.3 Å². The van der Waals surface area contributed by atoms with Crippen LogP contribution >= 0.6 is 24.0 Å². The lowest BCUT2D eigenvalue weighted by molar-refractivity contribution is 0.0535. The molecule has 2 aromatic rings. The number of halogens is 2. The molecule has 138 valence electrons. The van der Waals surface area contributed by atoms with Gasteiger partial charge in [0.15, 0.2) is 0 Å². The number of amides is 2. The average molecular weight is 394 g/mol. The van der Waals surface area contributed by atoms with Crippen molar-refractivity contribution in [2.75, 3.05) is 26.2 Å². The van der Waals surface area contributed by atoms with Gasteiger partial charge in [-0.15, -0.1) is 12.4 Å². The number of nitrogens with zero attached hydrogens (tertiary/aromatic N) is 2. The lowest BCUT2D eigenvalue weighted by Gasteiger charge is -2.35. The molecule has 0 spiro atoms. The van der Waals surface area contributed by atoms with E-state index >= 15 is 0 Å². The quantitative estimate of drug-likeness (QED) is 0.871. The van der Waals surface area contributed by atoms with Gasteiger partial charge in [-0.2, -0.15) is 0 Å². The molecule has 2 aromatic carbocycles. The fraction of sp³-hybridized carbons (Fsp3) is 0.263. The van der Waals surface area contributed by atoms with Gasteiger partial charge < -0.3 is 15.5 Å². The maximum atomic E-state index is 12.6. The molecular weight excluding hydrogens is 373 g/mol. The van der Waals surface area contributed by atoms with Gasteiger partial charge in [0.1, 0.15) is 0 Å². The summed E-state index contributed by atoms with van der Waals surface area (Å²) in [7, 11) is 0. The highest BCUT2D eigenvalue weighted by Crippen LogP contribution is 2.15. The number of nitrogens with two attached hydrogens (primary N) is 1. The third-order valence-electron chi connectivity index (χ3n) is 4.36. The molecule has 1 saturated heterocycles. The highest BCUT2D eigenvalue weighted by Gasteiger charge is 2.25. The van der Waals surface area contributed by atoms with Gasteiger partial charge in [-0.3, -0.25) is 9.59 Å². The zero-order valence-corrected chi connectivity index (χ0v) is 15.8. The molecule has 7 heteroatoms. The third kappa shape index (κ3) is 4.55. The first kappa shape index (κ1) is 20.2. The van der Waals surface area contributed by atoms with Crippen LogP contribution in [0.2, 0.25) is 5.02 Å². The predicted octanol–water partition coefficient (Wildman–Crippen LogP) is 2.82. The Hall–Kier alpha value is -2.08. The smallest absolute Gasteiger partial charge is 0.254 e. The lowest BCUT2D eigenvalue weighted by atomic mass is 10.1. The SMILES string of the molecule is Cl.NCc1ccc(C(=O)N2CCN(C(=O)c3cccc(Cl)c3)CC2)cc1. The minimum atomic E-state index is -0.0538. The Bertz CT molecular complexity index is 773. The Balaban J connectivity index is 0.00000243. The number of rotatable bonds is 3. The zero-order valence-electron chi connectivity index (χ0n) is 14.2. The highest BCUT2D eigenvalue weighted by molar-refractivity contribution is 6.30. The fourth-order valence-electron chi connectivity index (χ4n) is 2.88. The molecule has 1 aliphatic heterocycles. The first-order valence-electron chi connectivity index (χ1n) is 8.21. The predicted molar refractivity (Wildman–Crippen MR) is 105 cm³/mol. The molecular formula is C19H21Cl2N3O2. The van der Waals surface area contributed by atoms with Crippen LogP contribution in [0.15, 0.2) is 48.5 Å². The van der Waals surface area contributed by atoms with Crippen molar-refractivity contribution in [3.63, 3.8) is 0 Å². The molecule has 0 bridgehead atoms. The lowest BCUT2D eigenvalue weighted by Crippen LogP contribution is -2.50. The minimum Gasteiger partial charge on any atom is -0.335 e. The van der Waals surface area contributed by atoms with Crippen LogP contribution in [0.3, 0.4) is 0 Å². The Labute approximate surface area is 164 Å². The highest BCUT2D eigenvalue weighted by atomic mass is 35.5. The molecule has 0 radical (unpaired) electrons. The largest absolute Gasteiger partial charge is 0.335 e. The molecule has 3 rings (SSSR count). The number of hydrogen-bond acceptors (Lipinski definition) is 3. The van der Waals surface area contributed by atoms with Gasteiger partial charge in [0, 0.05) is 48.9 Å². The van der Waals surface area contributed by atoms with E-state index < -0.39 is 0 Å². The third-order valence-corrected chi connectivity index (χ3v) is 4.60. The van der Waals surface area contributed by atoms with Gasteiger partial charge in [0.25, 0.3) is 11.8 Å². The summed E-state index contributed by atoms with van der Waals surface area (Å²) in [6, 6.07) is 14.3. The van der Waals surface area contributed by atoms with E-state index in [1.54, 1.807) is 46.2 Å². The first-order chi connectivity index (χ1) is 12.1. The summed E-state index contributed by atoms with van der Waals surface area (Å²) >= 11 is 5.95. The maximum Gasteiger partial charge on any atom is 0.254 e. The van der Waals surface area contributed by atoms with Gasteiger partial charge in [0.05, 0.1) is 0 Å². The Morgan fingerprint density at radius 2 is 1.42 bits per heavy atom. The molecule has 0 aliphatic carbocycles. The van der Waals surface area contributed by atoms with Gasteiger partial charge in [-0.05, 0) is 35.9 Å². The molecule has 5 nitrogen and oxygen atoms in total. The van der Waals surface area contributed by atoms with Crippen LogP contribution in [-0.2, 0) is 6.54 Å². The molecule has 0 aromatic heterocycles. The number of hydrogen-bond donors (Lipinski definition) is 1.